The summed E-state index contributed by atoms with van der Waals surface area (Å²) >= 11 is 0. The number of nitrogens with zero attached hydrogens (tertiary/aromatic N) is 4. The van der Waals surface area contributed by atoms with Crippen molar-refractivity contribution in [1.82, 2.24) is 14.7 Å². The van der Waals surface area contributed by atoms with Gasteiger partial charge in [-0.1, -0.05) is 0 Å². The van der Waals surface area contributed by atoms with Gasteiger partial charge in [0.1, 0.15) is 11.9 Å². The topological polar surface area (TPSA) is 76.5 Å². The van der Waals surface area contributed by atoms with Crippen LogP contribution in [0.25, 0.3) is 0 Å². The van der Waals surface area contributed by atoms with Crippen molar-refractivity contribution in [1.29, 1.82) is 0 Å². The monoisotopic (exact) mass is 235 g/mol. The maximum Gasteiger partial charge on any atom is 0.346 e. The Morgan fingerprint density at radius 1 is 1.53 bits per heavy atom. The van der Waals surface area contributed by atoms with Crippen molar-refractivity contribution in [2.24, 2.45) is 10.7 Å². The van der Waals surface area contributed by atoms with E-state index in [0.29, 0.717) is 5.84 Å². The van der Waals surface area contributed by atoms with Crippen molar-refractivity contribution < 1.29 is 4.79 Å². The van der Waals surface area contributed by atoms with Crippen molar-refractivity contribution in [2.75, 3.05) is 0 Å². The number of carbonyl (C=O) groups is 1. The van der Waals surface area contributed by atoms with E-state index in [2.05, 4.69) is 10.1 Å². The Morgan fingerprint density at radius 2 is 2.24 bits per heavy atom. The Labute approximate surface area is 100 Å². The lowest BCUT2D eigenvalue weighted by molar-refractivity contribution is 0.190. The molecule has 0 bridgehead atoms. The summed E-state index contributed by atoms with van der Waals surface area (Å²) in [4.78, 5) is 17.2. The van der Waals surface area contributed by atoms with Crippen LogP contribution >= 0.6 is 0 Å². The largest absolute Gasteiger partial charge is 0.385 e. The van der Waals surface area contributed by atoms with Gasteiger partial charge in [0.15, 0.2) is 0 Å². The number of hydrogen-bond donors (Lipinski definition) is 1. The summed E-state index contributed by atoms with van der Waals surface area (Å²) in [6.07, 6.45) is 3.64. The maximum absolute atomic E-state index is 11.7. The van der Waals surface area contributed by atoms with Crippen LogP contribution in [-0.4, -0.2) is 32.6 Å². The highest BCUT2D eigenvalue weighted by atomic mass is 16.2. The molecule has 1 unspecified atom stereocenters. The lowest BCUT2D eigenvalue weighted by Gasteiger charge is -2.26. The lowest BCUT2D eigenvalue weighted by Crippen LogP contribution is -2.38. The molecule has 0 fully saturated rings. The summed E-state index contributed by atoms with van der Waals surface area (Å²) < 4.78 is 1.81. The minimum absolute atomic E-state index is 0.0577. The van der Waals surface area contributed by atoms with Crippen molar-refractivity contribution in [3.8, 4) is 0 Å². The number of hydrogen-bond acceptors (Lipinski definition) is 3. The van der Waals surface area contributed by atoms with E-state index in [0.717, 1.165) is 12.1 Å². The molecular weight excluding hydrogens is 218 g/mol. The molecule has 0 radical (unpaired) electrons. The maximum atomic E-state index is 11.7. The number of amides is 2. The van der Waals surface area contributed by atoms with Gasteiger partial charge in [-0.2, -0.15) is 10.1 Å². The van der Waals surface area contributed by atoms with Crippen LogP contribution in [0.15, 0.2) is 17.4 Å². The minimum atomic E-state index is -0.275. The molecule has 0 aliphatic carbocycles. The number of carbonyl (C=O) groups excluding carboxylic acids is 1. The minimum Gasteiger partial charge on any atom is -0.385 e. The van der Waals surface area contributed by atoms with Gasteiger partial charge in [0.05, 0.1) is 6.20 Å². The van der Waals surface area contributed by atoms with Crippen LogP contribution in [0.4, 0.5) is 4.79 Å². The third kappa shape index (κ3) is 1.90. The fourth-order valence-electron chi connectivity index (χ4n) is 2.03. The predicted octanol–water partition coefficient (Wildman–Crippen LogP) is 1.15. The molecule has 6 nitrogen and oxygen atoms in total. The number of aryl methyl sites for hydroxylation is 1. The highest BCUT2D eigenvalue weighted by Gasteiger charge is 2.36. The number of rotatable bonds is 3. The molecule has 2 heterocycles. The number of aliphatic imine (C=N–C) groups is 1. The summed E-state index contributed by atoms with van der Waals surface area (Å²) in [5.41, 5.74) is 6.74. The van der Waals surface area contributed by atoms with Gasteiger partial charge in [0.2, 0.25) is 0 Å². The fourth-order valence-corrected chi connectivity index (χ4v) is 2.03. The Bertz CT molecular complexity index is 462. The summed E-state index contributed by atoms with van der Waals surface area (Å²) in [5, 5.41) is 4.20. The van der Waals surface area contributed by atoms with Gasteiger partial charge >= 0.3 is 6.03 Å². The van der Waals surface area contributed by atoms with E-state index in [-0.39, 0.29) is 18.1 Å². The molecule has 0 spiro atoms. The molecular formula is C11H17N5O. The molecule has 1 aliphatic rings. The molecule has 1 atom stereocenters. The van der Waals surface area contributed by atoms with Gasteiger partial charge in [-0.3, -0.25) is 4.68 Å². The van der Waals surface area contributed by atoms with E-state index in [1.165, 1.54) is 0 Å². The van der Waals surface area contributed by atoms with Crippen LogP contribution in [0.1, 0.15) is 32.4 Å². The average Bonchev–Trinajstić information content (AvgIpc) is 2.81. The zero-order valence-electron chi connectivity index (χ0n) is 10.3. The van der Waals surface area contributed by atoms with Crippen molar-refractivity contribution in [3.63, 3.8) is 0 Å². The molecule has 0 aromatic carbocycles. The first-order chi connectivity index (χ1) is 8.04. The molecule has 6 heteroatoms. The molecule has 1 aromatic rings. The number of amidine groups is 1. The number of urea groups is 1. The second-order valence-electron chi connectivity index (χ2n) is 4.35. The fraction of sp³-hybridized carbons (Fsp3) is 0.545. The third-order valence-corrected chi connectivity index (χ3v) is 2.85. The van der Waals surface area contributed by atoms with E-state index in [4.69, 9.17) is 5.73 Å². The van der Waals surface area contributed by atoms with Crippen LogP contribution in [0.3, 0.4) is 0 Å². The molecule has 92 valence electrons. The number of aromatic nitrogens is 2. The van der Waals surface area contributed by atoms with Crippen LogP contribution in [0.2, 0.25) is 0 Å². The van der Waals surface area contributed by atoms with Gasteiger partial charge in [-0.15, -0.1) is 0 Å². The van der Waals surface area contributed by atoms with Gasteiger partial charge in [0.25, 0.3) is 0 Å². The molecule has 1 aromatic heterocycles. The van der Waals surface area contributed by atoms with Crippen LogP contribution in [-0.2, 0) is 6.54 Å². The first-order valence-corrected chi connectivity index (χ1v) is 5.73. The normalized spacial score (nSPS) is 20.2. The van der Waals surface area contributed by atoms with Crippen molar-refractivity contribution >= 4 is 11.9 Å². The highest BCUT2D eigenvalue weighted by molar-refractivity contribution is 6.03. The van der Waals surface area contributed by atoms with Crippen molar-refractivity contribution in [3.05, 3.63) is 18.0 Å². The highest BCUT2D eigenvalue weighted by Crippen LogP contribution is 2.28. The van der Waals surface area contributed by atoms with Crippen LogP contribution in [0.5, 0.6) is 0 Å². The summed E-state index contributed by atoms with van der Waals surface area (Å²) in [6.45, 7) is 6.69. The Kier molecular flexibility index (Phi) is 2.87. The zero-order chi connectivity index (χ0) is 12.6. The van der Waals surface area contributed by atoms with Gasteiger partial charge in [-0.05, 0) is 20.8 Å². The second kappa shape index (κ2) is 4.20. The van der Waals surface area contributed by atoms with E-state index >= 15 is 0 Å². The van der Waals surface area contributed by atoms with E-state index in [9.17, 15) is 4.79 Å². The Morgan fingerprint density at radius 3 is 2.76 bits per heavy atom. The van der Waals surface area contributed by atoms with Crippen LogP contribution in [0, 0.1) is 0 Å². The molecule has 17 heavy (non-hydrogen) atoms. The Balaban J connectivity index is 2.35. The van der Waals surface area contributed by atoms with Gasteiger partial charge < -0.3 is 10.6 Å². The van der Waals surface area contributed by atoms with Gasteiger partial charge in [0, 0.05) is 24.3 Å². The van der Waals surface area contributed by atoms with E-state index in [1.54, 1.807) is 11.1 Å². The standard InChI is InChI=1S/C11H17N5O/c1-4-15-6-8(5-13-15)9-10(12)14-11(17)16(9)7(2)3/h5-7,9H,4H2,1-3H3,(H2,12,14,17). The number of nitrogens with two attached hydrogens (primary N) is 1. The van der Waals surface area contributed by atoms with E-state index in [1.807, 2.05) is 31.6 Å². The zero-order valence-corrected chi connectivity index (χ0v) is 10.3. The predicted molar refractivity (Wildman–Crippen MR) is 64.6 cm³/mol. The molecule has 2 rings (SSSR count). The molecule has 0 saturated heterocycles. The van der Waals surface area contributed by atoms with Gasteiger partial charge in [-0.25, -0.2) is 4.79 Å². The summed E-state index contributed by atoms with van der Waals surface area (Å²) in [6, 6.07) is -0.489. The smallest absolute Gasteiger partial charge is 0.346 e. The molecule has 0 saturated carbocycles. The third-order valence-electron chi connectivity index (χ3n) is 2.85. The second-order valence-corrected chi connectivity index (χ2v) is 4.35. The first kappa shape index (κ1) is 11.6. The average molecular weight is 235 g/mol. The van der Waals surface area contributed by atoms with E-state index < -0.39 is 0 Å². The first-order valence-electron chi connectivity index (χ1n) is 5.73. The summed E-state index contributed by atoms with van der Waals surface area (Å²) in [5.74, 6) is 0.347. The van der Waals surface area contributed by atoms with Crippen molar-refractivity contribution in [2.45, 2.75) is 39.4 Å². The van der Waals surface area contributed by atoms with Crippen LogP contribution < -0.4 is 5.73 Å². The molecule has 2 amide bonds. The lowest BCUT2D eigenvalue weighted by atomic mass is 10.1. The molecule has 2 N–H and O–H groups in total. The molecule has 1 aliphatic heterocycles. The summed E-state index contributed by atoms with van der Waals surface area (Å²) in [7, 11) is 0. The Hall–Kier alpha value is -1.85. The SMILES string of the molecule is CCn1cc(C2C(N)=NC(=O)N2C(C)C)cn1. The quantitative estimate of drug-likeness (QED) is 0.853.